The molecule has 1 aromatic rings. The van der Waals surface area contributed by atoms with Gasteiger partial charge in [0.15, 0.2) is 0 Å². The van der Waals surface area contributed by atoms with Gasteiger partial charge in [-0.15, -0.1) is 11.3 Å². The maximum absolute atomic E-state index is 4.59. The molecule has 0 aliphatic carbocycles. The highest BCUT2D eigenvalue weighted by molar-refractivity contribution is 7.11. The molecule has 1 aromatic heterocycles. The Morgan fingerprint density at radius 1 is 1.44 bits per heavy atom. The van der Waals surface area contributed by atoms with Gasteiger partial charge in [0.1, 0.15) is 5.01 Å². The molecule has 16 heavy (non-hydrogen) atoms. The lowest BCUT2D eigenvalue weighted by atomic mass is 10.2. The summed E-state index contributed by atoms with van der Waals surface area (Å²) in [7, 11) is 4.43. The van der Waals surface area contributed by atoms with Crippen LogP contribution in [0.15, 0.2) is 6.20 Å². The minimum absolute atomic E-state index is 0.484. The van der Waals surface area contributed by atoms with Crippen molar-refractivity contribution in [2.45, 2.75) is 25.8 Å². The molecule has 2 heterocycles. The Morgan fingerprint density at radius 2 is 2.25 bits per heavy atom. The van der Waals surface area contributed by atoms with E-state index in [1.807, 2.05) is 17.5 Å². The van der Waals surface area contributed by atoms with Crippen molar-refractivity contribution >= 4 is 11.3 Å². The molecule has 2 rings (SSSR count). The largest absolute Gasteiger partial charge is 0.304 e. The van der Waals surface area contributed by atoms with Crippen LogP contribution in [0.2, 0.25) is 0 Å². The first-order valence-electron chi connectivity index (χ1n) is 6.04. The minimum Gasteiger partial charge on any atom is -0.304 e. The van der Waals surface area contributed by atoms with E-state index in [1.165, 1.54) is 29.4 Å². The van der Waals surface area contributed by atoms with Crippen LogP contribution >= 0.6 is 11.3 Å². The van der Waals surface area contributed by atoms with Crippen LogP contribution in [0.3, 0.4) is 0 Å². The molecule has 1 fully saturated rings. The van der Waals surface area contributed by atoms with Gasteiger partial charge in [0, 0.05) is 17.6 Å². The number of aryl methyl sites for hydroxylation is 1. The van der Waals surface area contributed by atoms with Crippen LogP contribution in [0.4, 0.5) is 0 Å². The second-order valence-electron chi connectivity index (χ2n) is 4.63. The third kappa shape index (κ3) is 2.62. The van der Waals surface area contributed by atoms with Crippen molar-refractivity contribution in [1.82, 2.24) is 14.8 Å². The first-order chi connectivity index (χ1) is 7.70. The summed E-state index contributed by atoms with van der Waals surface area (Å²) >= 11 is 1.87. The van der Waals surface area contributed by atoms with Gasteiger partial charge >= 0.3 is 0 Å². The molecule has 1 unspecified atom stereocenters. The highest BCUT2D eigenvalue weighted by atomic mass is 32.1. The summed E-state index contributed by atoms with van der Waals surface area (Å²) in [5.41, 5.74) is 0. The van der Waals surface area contributed by atoms with Gasteiger partial charge in [0.25, 0.3) is 0 Å². The van der Waals surface area contributed by atoms with Crippen molar-refractivity contribution in [1.29, 1.82) is 0 Å². The standard InChI is InChI=1S/C12H21N3S/c1-4-10-8-13-12(16-10)11-9-14(2)6-5-7-15(11)3/h8,11H,4-7,9H2,1-3H3. The zero-order chi connectivity index (χ0) is 11.5. The Kier molecular flexibility index (Phi) is 3.95. The summed E-state index contributed by atoms with van der Waals surface area (Å²) < 4.78 is 0. The maximum Gasteiger partial charge on any atom is 0.111 e. The lowest BCUT2D eigenvalue weighted by Crippen LogP contribution is -2.30. The summed E-state index contributed by atoms with van der Waals surface area (Å²) in [5, 5.41) is 1.29. The van der Waals surface area contributed by atoms with Crippen LogP contribution in [0.5, 0.6) is 0 Å². The van der Waals surface area contributed by atoms with E-state index in [2.05, 4.69) is 35.8 Å². The van der Waals surface area contributed by atoms with E-state index in [-0.39, 0.29) is 0 Å². The number of nitrogens with zero attached hydrogens (tertiary/aromatic N) is 3. The normalized spacial score (nSPS) is 24.6. The van der Waals surface area contributed by atoms with Crippen LogP contribution < -0.4 is 0 Å². The Labute approximate surface area is 102 Å². The van der Waals surface area contributed by atoms with Gasteiger partial charge in [0.05, 0.1) is 6.04 Å². The van der Waals surface area contributed by atoms with E-state index >= 15 is 0 Å². The second-order valence-corrected chi connectivity index (χ2v) is 5.78. The van der Waals surface area contributed by atoms with Crippen LogP contribution in [-0.4, -0.2) is 48.5 Å². The van der Waals surface area contributed by atoms with Crippen LogP contribution in [0, 0.1) is 0 Å². The molecule has 0 bridgehead atoms. The van der Waals surface area contributed by atoms with Crippen LogP contribution in [0.25, 0.3) is 0 Å². The summed E-state index contributed by atoms with van der Waals surface area (Å²) in [5.74, 6) is 0. The average molecular weight is 239 g/mol. The molecule has 0 saturated carbocycles. The number of hydrogen-bond acceptors (Lipinski definition) is 4. The predicted octanol–water partition coefficient (Wildman–Crippen LogP) is 2.01. The van der Waals surface area contributed by atoms with Gasteiger partial charge in [-0.2, -0.15) is 0 Å². The first kappa shape index (κ1) is 12.0. The molecule has 1 aliphatic rings. The van der Waals surface area contributed by atoms with E-state index in [9.17, 15) is 0 Å². The fourth-order valence-electron chi connectivity index (χ4n) is 2.18. The number of thiazole rings is 1. The van der Waals surface area contributed by atoms with Gasteiger partial charge < -0.3 is 4.90 Å². The summed E-state index contributed by atoms with van der Waals surface area (Å²) in [4.78, 5) is 10.8. The fraction of sp³-hybridized carbons (Fsp3) is 0.750. The number of rotatable bonds is 2. The molecule has 0 N–H and O–H groups in total. The van der Waals surface area contributed by atoms with Crippen molar-refractivity contribution in [2.75, 3.05) is 33.7 Å². The second kappa shape index (κ2) is 5.25. The van der Waals surface area contributed by atoms with Crippen molar-refractivity contribution in [2.24, 2.45) is 0 Å². The quantitative estimate of drug-likeness (QED) is 0.787. The van der Waals surface area contributed by atoms with E-state index < -0.39 is 0 Å². The van der Waals surface area contributed by atoms with Crippen molar-refractivity contribution in [3.8, 4) is 0 Å². The van der Waals surface area contributed by atoms with E-state index in [1.54, 1.807) is 0 Å². The fourth-order valence-corrected chi connectivity index (χ4v) is 3.19. The van der Waals surface area contributed by atoms with E-state index in [0.717, 1.165) is 13.0 Å². The maximum atomic E-state index is 4.59. The molecule has 0 amide bonds. The number of likely N-dealkylation sites (N-methyl/N-ethyl adjacent to an activating group) is 2. The van der Waals surface area contributed by atoms with Gasteiger partial charge in [-0.25, -0.2) is 4.98 Å². The summed E-state index contributed by atoms with van der Waals surface area (Å²) in [6.07, 6.45) is 4.40. The Morgan fingerprint density at radius 3 is 2.94 bits per heavy atom. The smallest absolute Gasteiger partial charge is 0.111 e. The monoisotopic (exact) mass is 239 g/mol. The predicted molar refractivity (Wildman–Crippen MR) is 69.0 cm³/mol. The molecular weight excluding hydrogens is 218 g/mol. The molecule has 1 aliphatic heterocycles. The lowest BCUT2D eigenvalue weighted by Gasteiger charge is -2.25. The summed E-state index contributed by atoms with van der Waals surface area (Å²) in [6, 6.07) is 0.484. The molecule has 3 nitrogen and oxygen atoms in total. The molecular formula is C12H21N3S. The third-order valence-corrected chi connectivity index (χ3v) is 4.52. The highest BCUT2D eigenvalue weighted by Crippen LogP contribution is 2.27. The average Bonchev–Trinajstić information content (AvgIpc) is 2.67. The van der Waals surface area contributed by atoms with Gasteiger partial charge in [-0.1, -0.05) is 6.92 Å². The summed E-state index contributed by atoms with van der Waals surface area (Å²) in [6.45, 7) is 5.68. The van der Waals surface area contributed by atoms with Gasteiger partial charge in [-0.3, -0.25) is 4.90 Å². The minimum atomic E-state index is 0.484. The SMILES string of the molecule is CCc1cnc(C2CN(C)CCCN2C)s1. The topological polar surface area (TPSA) is 19.4 Å². The molecule has 4 heteroatoms. The third-order valence-electron chi connectivity index (χ3n) is 3.27. The van der Waals surface area contributed by atoms with Crippen molar-refractivity contribution in [3.05, 3.63) is 16.1 Å². The first-order valence-corrected chi connectivity index (χ1v) is 6.85. The van der Waals surface area contributed by atoms with Gasteiger partial charge in [-0.05, 0) is 40.0 Å². The van der Waals surface area contributed by atoms with E-state index in [4.69, 9.17) is 0 Å². The molecule has 0 radical (unpaired) electrons. The van der Waals surface area contributed by atoms with Crippen molar-refractivity contribution in [3.63, 3.8) is 0 Å². The zero-order valence-corrected chi connectivity index (χ0v) is 11.3. The van der Waals surface area contributed by atoms with E-state index in [0.29, 0.717) is 6.04 Å². The number of aromatic nitrogens is 1. The van der Waals surface area contributed by atoms with Crippen LogP contribution in [0.1, 0.15) is 29.3 Å². The van der Waals surface area contributed by atoms with Crippen LogP contribution in [-0.2, 0) is 6.42 Å². The Hall–Kier alpha value is -0.450. The van der Waals surface area contributed by atoms with Crippen molar-refractivity contribution < 1.29 is 0 Å². The molecule has 90 valence electrons. The Bertz CT molecular complexity index is 337. The number of hydrogen-bond donors (Lipinski definition) is 0. The highest BCUT2D eigenvalue weighted by Gasteiger charge is 2.24. The zero-order valence-electron chi connectivity index (χ0n) is 10.4. The Balaban J connectivity index is 2.15. The molecule has 0 spiro atoms. The lowest BCUT2D eigenvalue weighted by molar-refractivity contribution is 0.228. The molecule has 1 atom stereocenters. The molecule has 0 aromatic carbocycles. The van der Waals surface area contributed by atoms with Gasteiger partial charge in [0.2, 0.25) is 0 Å². The molecule has 1 saturated heterocycles.